The number of rotatable bonds is 1. The Morgan fingerprint density at radius 2 is 1.74 bits per heavy atom. The highest BCUT2D eigenvalue weighted by Crippen LogP contribution is 2.30. The van der Waals surface area contributed by atoms with Gasteiger partial charge in [0.15, 0.2) is 0 Å². The fraction of sp³-hybridized carbons (Fsp3) is 0.533. The minimum absolute atomic E-state index is 0.139. The molecule has 0 spiro atoms. The minimum Gasteiger partial charge on any atom is -0.339 e. The molecule has 1 aliphatic heterocycles. The molecule has 19 heavy (non-hydrogen) atoms. The molecule has 0 unspecified atom stereocenters. The van der Waals surface area contributed by atoms with Gasteiger partial charge in [0.05, 0.1) is 0 Å². The first kappa shape index (κ1) is 15.0. The van der Waals surface area contributed by atoms with Crippen molar-refractivity contribution in [1.82, 2.24) is 4.90 Å². The molecule has 1 amide bonds. The molecule has 1 heterocycles. The van der Waals surface area contributed by atoms with Gasteiger partial charge in [0.2, 0.25) is 0 Å². The van der Waals surface area contributed by atoms with Gasteiger partial charge in [-0.2, -0.15) is 0 Å². The summed E-state index contributed by atoms with van der Waals surface area (Å²) in [6.45, 7) is 6.30. The lowest BCUT2D eigenvalue weighted by atomic mass is 9.85. The number of carbonyl (C=O) groups excluding carboxylic acids is 1. The van der Waals surface area contributed by atoms with Gasteiger partial charge in [0.25, 0.3) is 5.91 Å². The second kappa shape index (κ2) is 5.96. The van der Waals surface area contributed by atoms with Crippen molar-refractivity contribution in [3.8, 4) is 0 Å². The molecule has 2 rings (SSSR count). The molecule has 0 saturated carbocycles. The normalized spacial score (nSPS) is 19.1. The summed E-state index contributed by atoms with van der Waals surface area (Å²) in [6, 6.07) is 5.73. The first-order valence-electron chi connectivity index (χ1n) is 6.63. The van der Waals surface area contributed by atoms with Gasteiger partial charge in [0.1, 0.15) is 0 Å². The molecule has 1 aromatic carbocycles. The van der Waals surface area contributed by atoms with E-state index in [1.165, 1.54) is 6.42 Å². The molecule has 2 nitrogen and oxygen atoms in total. The Labute approximate surface area is 131 Å². The molecule has 0 N–H and O–H groups in total. The zero-order valence-corrected chi connectivity index (χ0v) is 14.6. The van der Waals surface area contributed by atoms with E-state index in [-0.39, 0.29) is 5.91 Å². The molecule has 0 aliphatic carbocycles. The van der Waals surface area contributed by atoms with Crippen molar-refractivity contribution in [3.63, 3.8) is 0 Å². The Hall–Kier alpha value is -0.350. The molecular weight excluding hydrogens is 370 g/mol. The lowest BCUT2D eigenvalue weighted by molar-refractivity contribution is 0.0757. The summed E-state index contributed by atoms with van der Waals surface area (Å²) in [7, 11) is 0. The van der Waals surface area contributed by atoms with Crippen molar-refractivity contribution in [3.05, 3.63) is 32.7 Å². The van der Waals surface area contributed by atoms with E-state index in [0.717, 1.165) is 40.4 Å². The van der Waals surface area contributed by atoms with Crippen LogP contribution in [0.3, 0.4) is 0 Å². The zero-order chi connectivity index (χ0) is 14.0. The third kappa shape index (κ3) is 4.06. The number of likely N-dealkylation sites (tertiary alicyclic amines) is 1. The van der Waals surface area contributed by atoms with Gasteiger partial charge in [-0.1, -0.05) is 45.7 Å². The van der Waals surface area contributed by atoms with Gasteiger partial charge in [-0.05, 0) is 42.9 Å². The Bertz CT molecular complexity index is 465. The number of halogens is 2. The Balaban J connectivity index is 2.15. The van der Waals surface area contributed by atoms with Crippen LogP contribution in [0.4, 0.5) is 0 Å². The monoisotopic (exact) mass is 387 g/mol. The van der Waals surface area contributed by atoms with Crippen molar-refractivity contribution >= 4 is 37.8 Å². The van der Waals surface area contributed by atoms with Crippen molar-refractivity contribution in [2.24, 2.45) is 5.41 Å². The average molecular weight is 389 g/mol. The second-order valence-electron chi connectivity index (χ2n) is 5.97. The molecule has 1 aromatic rings. The summed E-state index contributed by atoms with van der Waals surface area (Å²) in [5.74, 6) is 0.139. The standard InChI is InChI=1S/C15H19Br2NO/c1-15(2)4-3-6-18(7-5-15)14(19)11-8-12(16)10-13(17)9-11/h8-10H,3-7H2,1-2H3. The highest BCUT2D eigenvalue weighted by atomic mass is 79.9. The molecule has 1 aliphatic rings. The van der Waals surface area contributed by atoms with Gasteiger partial charge in [0, 0.05) is 27.6 Å². The second-order valence-corrected chi connectivity index (χ2v) is 7.80. The van der Waals surface area contributed by atoms with Crippen LogP contribution in [-0.4, -0.2) is 23.9 Å². The molecule has 4 heteroatoms. The van der Waals surface area contributed by atoms with Crippen LogP contribution in [0.2, 0.25) is 0 Å². The van der Waals surface area contributed by atoms with Crippen LogP contribution in [-0.2, 0) is 0 Å². The van der Waals surface area contributed by atoms with Crippen molar-refractivity contribution in [2.75, 3.05) is 13.1 Å². The topological polar surface area (TPSA) is 20.3 Å². The highest BCUT2D eigenvalue weighted by molar-refractivity contribution is 9.11. The van der Waals surface area contributed by atoms with E-state index < -0.39 is 0 Å². The van der Waals surface area contributed by atoms with Gasteiger partial charge in [-0.25, -0.2) is 0 Å². The maximum absolute atomic E-state index is 12.6. The lowest BCUT2D eigenvalue weighted by Crippen LogP contribution is -2.32. The first-order valence-corrected chi connectivity index (χ1v) is 8.21. The summed E-state index contributed by atoms with van der Waals surface area (Å²) in [4.78, 5) is 14.5. The van der Waals surface area contributed by atoms with Crippen LogP contribution in [0.25, 0.3) is 0 Å². The summed E-state index contributed by atoms with van der Waals surface area (Å²) >= 11 is 6.88. The fourth-order valence-corrected chi connectivity index (χ4v) is 3.78. The average Bonchev–Trinajstić information content (AvgIpc) is 2.48. The smallest absolute Gasteiger partial charge is 0.253 e. The van der Waals surface area contributed by atoms with Crippen LogP contribution in [0.15, 0.2) is 27.1 Å². The van der Waals surface area contributed by atoms with Crippen LogP contribution < -0.4 is 0 Å². The zero-order valence-electron chi connectivity index (χ0n) is 11.4. The van der Waals surface area contributed by atoms with E-state index in [2.05, 4.69) is 45.7 Å². The van der Waals surface area contributed by atoms with Crippen LogP contribution in [0, 0.1) is 5.41 Å². The van der Waals surface area contributed by atoms with Gasteiger partial charge in [-0.3, -0.25) is 4.79 Å². The number of hydrogen-bond donors (Lipinski definition) is 0. The molecule has 0 bridgehead atoms. The third-order valence-electron chi connectivity index (χ3n) is 3.74. The predicted molar refractivity (Wildman–Crippen MR) is 85.4 cm³/mol. The van der Waals surface area contributed by atoms with Gasteiger partial charge < -0.3 is 4.90 Å². The summed E-state index contributed by atoms with van der Waals surface area (Å²) < 4.78 is 1.86. The summed E-state index contributed by atoms with van der Waals surface area (Å²) in [6.07, 6.45) is 3.36. The Kier molecular flexibility index (Phi) is 4.72. The van der Waals surface area contributed by atoms with E-state index in [9.17, 15) is 4.79 Å². The van der Waals surface area contributed by atoms with Crippen LogP contribution in [0.5, 0.6) is 0 Å². The van der Waals surface area contributed by atoms with E-state index in [1.807, 2.05) is 23.1 Å². The summed E-state index contributed by atoms with van der Waals surface area (Å²) in [5.41, 5.74) is 1.10. The minimum atomic E-state index is 0.139. The van der Waals surface area contributed by atoms with Crippen molar-refractivity contribution in [2.45, 2.75) is 33.1 Å². The first-order chi connectivity index (χ1) is 8.87. The van der Waals surface area contributed by atoms with Crippen molar-refractivity contribution in [1.29, 1.82) is 0 Å². The van der Waals surface area contributed by atoms with Crippen molar-refractivity contribution < 1.29 is 4.79 Å². The van der Waals surface area contributed by atoms with E-state index in [0.29, 0.717) is 5.41 Å². The molecule has 0 radical (unpaired) electrons. The third-order valence-corrected chi connectivity index (χ3v) is 4.65. The molecule has 1 fully saturated rings. The quantitative estimate of drug-likeness (QED) is 0.672. The van der Waals surface area contributed by atoms with Gasteiger partial charge >= 0.3 is 0 Å². The maximum atomic E-state index is 12.6. The molecule has 0 aromatic heterocycles. The molecule has 104 valence electrons. The van der Waals surface area contributed by atoms with E-state index >= 15 is 0 Å². The molecular formula is C15H19Br2NO. The number of benzene rings is 1. The number of carbonyl (C=O) groups is 1. The molecule has 1 saturated heterocycles. The summed E-state index contributed by atoms with van der Waals surface area (Å²) in [5, 5.41) is 0. The van der Waals surface area contributed by atoms with E-state index in [1.54, 1.807) is 0 Å². The molecule has 0 atom stereocenters. The van der Waals surface area contributed by atoms with Gasteiger partial charge in [-0.15, -0.1) is 0 Å². The lowest BCUT2D eigenvalue weighted by Gasteiger charge is -2.23. The Morgan fingerprint density at radius 1 is 1.11 bits per heavy atom. The Morgan fingerprint density at radius 3 is 2.37 bits per heavy atom. The number of nitrogens with zero attached hydrogens (tertiary/aromatic N) is 1. The number of amides is 1. The highest BCUT2D eigenvalue weighted by Gasteiger charge is 2.26. The van der Waals surface area contributed by atoms with Crippen LogP contribution >= 0.6 is 31.9 Å². The largest absolute Gasteiger partial charge is 0.339 e. The predicted octanol–water partition coefficient (Wildman–Crippen LogP) is 4.86. The van der Waals surface area contributed by atoms with E-state index in [4.69, 9.17) is 0 Å². The SMILES string of the molecule is CC1(C)CCCN(C(=O)c2cc(Br)cc(Br)c2)CC1. The number of hydrogen-bond acceptors (Lipinski definition) is 1. The van der Waals surface area contributed by atoms with Crippen LogP contribution in [0.1, 0.15) is 43.5 Å². The fourth-order valence-electron chi connectivity index (χ4n) is 2.49. The maximum Gasteiger partial charge on any atom is 0.253 e.